The highest BCUT2D eigenvalue weighted by molar-refractivity contribution is 6.03. The van der Waals surface area contributed by atoms with Gasteiger partial charge >= 0.3 is 0 Å². The molecule has 0 aliphatic heterocycles. The fourth-order valence-electron chi connectivity index (χ4n) is 11.3. The summed E-state index contributed by atoms with van der Waals surface area (Å²) in [7, 11) is 0. The molecule has 8 aliphatic carbocycles. The van der Waals surface area contributed by atoms with Crippen molar-refractivity contribution in [2.75, 3.05) is 5.32 Å². The molecular formula is C36H41N3O2. The van der Waals surface area contributed by atoms with Crippen molar-refractivity contribution < 1.29 is 9.59 Å². The Bertz CT molecular complexity index is 1470. The van der Waals surface area contributed by atoms with Crippen molar-refractivity contribution in [1.82, 2.24) is 10.3 Å². The van der Waals surface area contributed by atoms with Crippen LogP contribution in [-0.4, -0.2) is 22.8 Å². The minimum atomic E-state index is -0.141. The third-order valence-corrected chi connectivity index (χ3v) is 12.4. The van der Waals surface area contributed by atoms with Crippen molar-refractivity contribution in [3.8, 4) is 11.1 Å². The zero-order chi connectivity index (χ0) is 27.3. The van der Waals surface area contributed by atoms with Crippen molar-refractivity contribution in [3.05, 3.63) is 54.2 Å². The third-order valence-electron chi connectivity index (χ3n) is 12.4. The van der Waals surface area contributed by atoms with Gasteiger partial charge in [-0.1, -0.05) is 12.1 Å². The monoisotopic (exact) mass is 547 g/mol. The van der Waals surface area contributed by atoms with E-state index in [1.165, 1.54) is 51.4 Å². The molecule has 0 spiro atoms. The van der Waals surface area contributed by atoms with Gasteiger partial charge in [0.2, 0.25) is 5.91 Å². The van der Waals surface area contributed by atoms with Crippen LogP contribution < -0.4 is 10.6 Å². The van der Waals surface area contributed by atoms with Crippen LogP contribution in [0.25, 0.3) is 22.0 Å². The van der Waals surface area contributed by atoms with E-state index in [4.69, 9.17) is 0 Å². The quantitative estimate of drug-likeness (QED) is 0.309. The van der Waals surface area contributed by atoms with Gasteiger partial charge in [-0.2, -0.15) is 0 Å². The van der Waals surface area contributed by atoms with E-state index in [-0.39, 0.29) is 17.2 Å². The summed E-state index contributed by atoms with van der Waals surface area (Å²) in [4.78, 5) is 30.4. The molecule has 8 aliphatic rings. The van der Waals surface area contributed by atoms with Gasteiger partial charge in [-0.15, -0.1) is 0 Å². The standard InChI is InChI=1S/C36H41N3O2/c40-34(39-33-27-11-20-7-21(13-27)14-28(33)12-20)26-3-6-32-30(15-26)31(19-37-32)25-1-4-29(5-2-25)38-35(41)36-16-22-8-23(17-36)10-24(9-22)18-36/h1-6,15,19-24,27-28,33,37H,7-14,16-18H2,(H,38,41)(H,39,40). The number of fused-ring (bicyclic) bond motifs is 1. The molecule has 3 aromatic rings. The molecule has 0 unspecified atom stereocenters. The molecule has 8 fully saturated rings. The number of aromatic nitrogens is 1. The van der Waals surface area contributed by atoms with Crippen LogP contribution in [0.4, 0.5) is 5.69 Å². The Balaban J connectivity index is 0.921. The minimum Gasteiger partial charge on any atom is -0.361 e. The van der Waals surface area contributed by atoms with Crippen LogP contribution in [0.2, 0.25) is 0 Å². The molecule has 5 heteroatoms. The second kappa shape index (κ2) is 8.96. The lowest BCUT2D eigenvalue weighted by Crippen LogP contribution is -2.55. The molecule has 11 rings (SSSR count). The highest BCUT2D eigenvalue weighted by Crippen LogP contribution is 2.60. The maximum atomic E-state index is 13.5. The zero-order valence-electron chi connectivity index (χ0n) is 23.8. The Morgan fingerprint density at radius 2 is 1.34 bits per heavy atom. The number of H-pyrrole nitrogens is 1. The van der Waals surface area contributed by atoms with Gasteiger partial charge in [0, 0.05) is 40.0 Å². The van der Waals surface area contributed by atoms with Gasteiger partial charge in [0.15, 0.2) is 0 Å². The Morgan fingerprint density at radius 3 is 1.98 bits per heavy atom. The van der Waals surface area contributed by atoms with Gasteiger partial charge in [-0.3, -0.25) is 9.59 Å². The maximum absolute atomic E-state index is 13.5. The van der Waals surface area contributed by atoms with Crippen molar-refractivity contribution in [3.63, 3.8) is 0 Å². The highest BCUT2D eigenvalue weighted by Gasteiger charge is 2.54. The number of anilines is 1. The van der Waals surface area contributed by atoms with Crippen LogP contribution >= 0.6 is 0 Å². The molecule has 1 heterocycles. The molecule has 3 N–H and O–H groups in total. The normalized spacial score (nSPS) is 38.0. The number of benzene rings is 2. The predicted molar refractivity (Wildman–Crippen MR) is 161 cm³/mol. The van der Waals surface area contributed by atoms with Gasteiger partial charge in [0.25, 0.3) is 5.91 Å². The van der Waals surface area contributed by atoms with Gasteiger partial charge < -0.3 is 15.6 Å². The molecule has 2 amide bonds. The summed E-state index contributed by atoms with van der Waals surface area (Å²) < 4.78 is 0. The average Bonchev–Trinajstić information content (AvgIpc) is 3.37. The summed E-state index contributed by atoms with van der Waals surface area (Å²) in [5.74, 6) is 5.74. The molecule has 5 nitrogen and oxygen atoms in total. The smallest absolute Gasteiger partial charge is 0.251 e. The summed E-state index contributed by atoms with van der Waals surface area (Å²) in [6.45, 7) is 0. The van der Waals surface area contributed by atoms with Gasteiger partial charge in [-0.05, 0) is 148 Å². The van der Waals surface area contributed by atoms with E-state index in [9.17, 15) is 9.59 Å². The largest absolute Gasteiger partial charge is 0.361 e. The van der Waals surface area contributed by atoms with Gasteiger partial charge in [0.1, 0.15) is 0 Å². The lowest BCUT2D eigenvalue weighted by atomic mass is 9.49. The molecule has 8 bridgehead atoms. The fraction of sp³-hybridized carbons (Fsp3) is 0.556. The average molecular weight is 548 g/mol. The van der Waals surface area contributed by atoms with E-state index in [0.29, 0.717) is 17.9 Å². The number of aromatic amines is 1. The lowest BCUT2D eigenvalue weighted by Gasteiger charge is -2.55. The van der Waals surface area contributed by atoms with Crippen LogP contribution in [0.3, 0.4) is 0 Å². The van der Waals surface area contributed by atoms with E-state index < -0.39 is 0 Å². The van der Waals surface area contributed by atoms with Crippen molar-refractivity contribution in [2.45, 2.75) is 76.7 Å². The van der Waals surface area contributed by atoms with E-state index in [1.807, 2.05) is 30.5 Å². The van der Waals surface area contributed by atoms with Crippen molar-refractivity contribution >= 4 is 28.4 Å². The molecular weight excluding hydrogens is 506 g/mol. The number of rotatable bonds is 5. The van der Waals surface area contributed by atoms with E-state index in [0.717, 1.165) is 82.1 Å². The number of carbonyl (C=O) groups is 2. The molecule has 0 atom stereocenters. The lowest BCUT2D eigenvalue weighted by molar-refractivity contribution is -0.140. The SMILES string of the molecule is O=C(NC1C2CC3CC(C2)CC1C3)c1ccc2[nH]cc(-c3ccc(NC(=O)C45CC6CC(CC(C6)C4)C5)cc3)c2c1. The number of carbonyl (C=O) groups excluding carboxylic acids is 2. The number of nitrogens with one attached hydrogen (secondary N) is 3. The second-order valence-corrected chi connectivity index (χ2v) is 15.1. The van der Waals surface area contributed by atoms with E-state index in [1.54, 1.807) is 0 Å². The van der Waals surface area contributed by atoms with Crippen LogP contribution in [0, 0.1) is 46.8 Å². The van der Waals surface area contributed by atoms with Crippen LogP contribution in [0.15, 0.2) is 48.7 Å². The first-order valence-corrected chi connectivity index (χ1v) is 16.3. The highest BCUT2D eigenvalue weighted by atomic mass is 16.2. The molecule has 1 aromatic heterocycles. The van der Waals surface area contributed by atoms with Crippen molar-refractivity contribution in [1.29, 1.82) is 0 Å². The number of hydrogen-bond acceptors (Lipinski definition) is 2. The third kappa shape index (κ3) is 4.01. The summed E-state index contributed by atoms with van der Waals surface area (Å²) in [5, 5.41) is 7.83. The first-order chi connectivity index (χ1) is 20.0. The van der Waals surface area contributed by atoms with Crippen molar-refractivity contribution in [2.24, 2.45) is 46.8 Å². The fourth-order valence-corrected chi connectivity index (χ4v) is 11.3. The topological polar surface area (TPSA) is 74.0 Å². The second-order valence-electron chi connectivity index (χ2n) is 15.1. The Kier molecular flexibility index (Phi) is 5.36. The first kappa shape index (κ1) is 24.5. The number of amides is 2. The van der Waals surface area contributed by atoms with Gasteiger partial charge in [-0.25, -0.2) is 0 Å². The van der Waals surface area contributed by atoms with E-state index >= 15 is 0 Å². The van der Waals surface area contributed by atoms with Crippen LogP contribution in [0.1, 0.15) is 81.0 Å². The van der Waals surface area contributed by atoms with E-state index in [2.05, 4.69) is 33.8 Å². The summed E-state index contributed by atoms with van der Waals surface area (Å²) in [5.41, 5.74) is 4.69. The number of hydrogen-bond donors (Lipinski definition) is 3. The summed E-state index contributed by atoms with van der Waals surface area (Å²) >= 11 is 0. The Hall–Kier alpha value is -3.08. The molecule has 8 saturated carbocycles. The Labute approximate surface area is 242 Å². The summed E-state index contributed by atoms with van der Waals surface area (Å²) in [6.07, 6.45) is 16.0. The molecule has 0 saturated heterocycles. The molecule has 0 radical (unpaired) electrons. The Morgan fingerprint density at radius 1 is 0.732 bits per heavy atom. The van der Waals surface area contributed by atoms with Gasteiger partial charge in [0.05, 0.1) is 5.41 Å². The summed E-state index contributed by atoms with van der Waals surface area (Å²) in [6, 6.07) is 14.7. The first-order valence-electron chi connectivity index (χ1n) is 16.3. The molecule has 212 valence electrons. The minimum absolute atomic E-state index is 0.0688. The maximum Gasteiger partial charge on any atom is 0.251 e. The zero-order valence-corrected chi connectivity index (χ0v) is 23.8. The molecule has 2 aromatic carbocycles. The van der Waals surface area contributed by atoms with Crippen LogP contribution in [-0.2, 0) is 4.79 Å². The van der Waals surface area contributed by atoms with Crippen LogP contribution in [0.5, 0.6) is 0 Å². The molecule has 41 heavy (non-hydrogen) atoms. The predicted octanol–water partition coefficient (Wildman–Crippen LogP) is 7.54.